The number of hydrogen-bond donors (Lipinski definition) is 1. The molecule has 1 spiro atoms. The van der Waals surface area contributed by atoms with Crippen LogP contribution in [0.4, 0.5) is 4.79 Å². The molecule has 1 atom stereocenters. The van der Waals surface area contributed by atoms with Gasteiger partial charge in [0, 0.05) is 33.1 Å². The number of likely N-dealkylation sites (tertiary alicyclic amines) is 1. The summed E-state index contributed by atoms with van der Waals surface area (Å²) in [5, 5.41) is 11.6. The lowest BCUT2D eigenvalue weighted by atomic mass is 9.71. The van der Waals surface area contributed by atoms with Crippen molar-refractivity contribution in [1.29, 1.82) is 0 Å². The molecule has 2 fully saturated rings. The first kappa shape index (κ1) is 16.2. The summed E-state index contributed by atoms with van der Waals surface area (Å²) in [5.41, 5.74) is -0.359. The maximum atomic E-state index is 12.2. The third-order valence-corrected chi connectivity index (χ3v) is 4.82. The van der Waals surface area contributed by atoms with Gasteiger partial charge >= 0.3 is 6.09 Å². The number of carbonyl (C=O) groups is 1. The lowest BCUT2D eigenvalue weighted by Crippen LogP contribution is -2.47. The van der Waals surface area contributed by atoms with Gasteiger partial charge in [0.1, 0.15) is 5.60 Å². The zero-order valence-electron chi connectivity index (χ0n) is 14.4. The summed E-state index contributed by atoms with van der Waals surface area (Å²) in [4.78, 5) is 14.0. The lowest BCUT2D eigenvalue weighted by Gasteiger charge is -2.41. The summed E-state index contributed by atoms with van der Waals surface area (Å²) < 4.78 is 11.1. The van der Waals surface area contributed by atoms with E-state index in [1.165, 1.54) is 0 Å². The Morgan fingerprint density at radius 3 is 2.61 bits per heavy atom. The smallest absolute Gasteiger partial charge is 0.410 e. The zero-order valence-corrected chi connectivity index (χ0v) is 14.4. The van der Waals surface area contributed by atoms with Crippen LogP contribution in [0.2, 0.25) is 0 Å². The second-order valence-electron chi connectivity index (χ2n) is 7.67. The predicted molar refractivity (Wildman–Crippen MR) is 84.1 cm³/mol. The number of piperidine rings is 1. The molecule has 3 rings (SSSR count). The molecule has 7 nitrogen and oxygen atoms in total. The normalized spacial score (nSPS) is 24.2. The number of hydrogen-bond acceptors (Lipinski definition) is 6. The van der Waals surface area contributed by atoms with Gasteiger partial charge in [-0.05, 0) is 39.0 Å². The number of carbonyl (C=O) groups excluding carboxylic acids is 1. The van der Waals surface area contributed by atoms with Crippen molar-refractivity contribution in [2.45, 2.75) is 52.1 Å². The molecule has 0 bridgehead atoms. The Morgan fingerprint density at radius 2 is 2.04 bits per heavy atom. The Hall–Kier alpha value is -1.63. The van der Waals surface area contributed by atoms with Crippen LogP contribution in [0.25, 0.3) is 0 Å². The molecular weight excluding hydrogens is 296 g/mol. The molecule has 0 radical (unpaired) electrons. The molecule has 1 unspecified atom stereocenters. The average molecular weight is 322 g/mol. The Labute approximate surface area is 136 Å². The van der Waals surface area contributed by atoms with E-state index in [9.17, 15) is 4.79 Å². The summed E-state index contributed by atoms with van der Waals surface area (Å²) in [6.07, 6.45) is 1.62. The van der Waals surface area contributed by atoms with Crippen LogP contribution in [0, 0.1) is 12.3 Å². The van der Waals surface area contributed by atoms with Gasteiger partial charge in [-0.2, -0.15) is 0 Å². The number of nitrogens with one attached hydrogen (secondary N) is 1. The predicted octanol–water partition coefficient (Wildman–Crippen LogP) is 2.08. The van der Waals surface area contributed by atoms with E-state index in [-0.39, 0.29) is 17.4 Å². The van der Waals surface area contributed by atoms with Crippen LogP contribution in [0.15, 0.2) is 4.42 Å². The number of amides is 1. The standard InChI is InChI=1S/C16H26N4O3/c1-11-18-19-13(22-11)12-9-17-10-16(12)5-7-20(8-6-16)14(21)23-15(2,3)4/h12,17H,5-10H2,1-4H3. The highest BCUT2D eigenvalue weighted by Crippen LogP contribution is 2.46. The van der Waals surface area contributed by atoms with Crippen molar-refractivity contribution in [2.24, 2.45) is 5.41 Å². The molecule has 2 aliphatic rings. The number of aryl methyl sites for hydroxylation is 1. The largest absolute Gasteiger partial charge is 0.444 e. The minimum atomic E-state index is -0.453. The zero-order chi connectivity index (χ0) is 16.7. The fraction of sp³-hybridized carbons (Fsp3) is 0.812. The summed E-state index contributed by atoms with van der Waals surface area (Å²) in [7, 11) is 0. The molecule has 1 amide bonds. The van der Waals surface area contributed by atoms with Crippen molar-refractivity contribution in [2.75, 3.05) is 26.2 Å². The molecule has 1 aromatic heterocycles. The fourth-order valence-corrected chi connectivity index (χ4v) is 3.59. The molecule has 1 aromatic rings. The van der Waals surface area contributed by atoms with E-state index < -0.39 is 5.60 Å². The van der Waals surface area contributed by atoms with Crippen molar-refractivity contribution in [3.05, 3.63) is 11.8 Å². The van der Waals surface area contributed by atoms with Crippen molar-refractivity contribution in [3.8, 4) is 0 Å². The van der Waals surface area contributed by atoms with Gasteiger partial charge in [0.2, 0.25) is 11.8 Å². The maximum absolute atomic E-state index is 12.2. The molecule has 0 saturated carbocycles. The number of aromatic nitrogens is 2. The fourth-order valence-electron chi connectivity index (χ4n) is 3.59. The minimum absolute atomic E-state index is 0.0947. The van der Waals surface area contributed by atoms with Gasteiger partial charge in [0.25, 0.3) is 0 Å². The van der Waals surface area contributed by atoms with Crippen LogP contribution >= 0.6 is 0 Å². The molecule has 0 aliphatic carbocycles. The SMILES string of the molecule is Cc1nnc(C2CNCC23CCN(C(=O)OC(C)(C)C)CC3)o1. The van der Waals surface area contributed by atoms with Gasteiger partial charge in [-0.15, -0.1) is 10.2 Å². The van der Waals surface area contributed by atoms with Crippen molar-refractivity contribution in [3.63, 3.8) is 0 Å². The monoisotopic (exact) mass is 322 g/mol. The molecule has 0 aromatic carbocycles. The highest BCUT2D eigenvalue weighted by atomic mass is 16.6. The number of ether oxygens (including phenoxy) is 1. The van der Waals surface area contributed by atoms with E-state index in [1.54, 1.807) is 0 Å². The van der Waals surface area contributed by atoms with Crippen LogP contribution in [0.3, 0.4) is 0 Å². The van der Waals surface area contributed by atoms with E-state index >= 15 is 0 Å². The van der Waals surface area contributed by atoms with E-state index in [2.05, 4.69) is 15.5 Å². The lowest BCUT2D eigenvalue weighted by molar-refractivity contribution is 0.00950. The average Bonchev–Trinajstić information content (AvgIpc) is 3.04. The van der Waals surface area contributed by atoms with Crippen molar-refractivity contribution >= 4 is 6.09 Å². The van der Waals surface area contributed by atoms with Gasteiger partial charge in [0.15, 0.2) is 0 Å². The molecule has 7 heteroatoms. The number of nitrogens with zero attached hydrogens (tertiary/aromatic N) is 3. The summed E-state index contributed by atoms with van der Waals surface area (Å²) in [5.74, 6) is 1.55. The molecule has 2 saturated heterocycles. The van der Waals surface area contributed by atoms with Gasteiger partial charge < -0.3 is 19.4 Å². The summed E-state index contributed by atoms with van der Waals surface area (Å²) in [6, 6.07) is 0. The molecule has 128 valence electrons. The third-order valence-electron chi connectivity index (χ3n) is 4.82. The van der Waals surface area contributed by atoms with Gasteiger partial charge in [-0.1, -0.05) is 0 Å². The van der Waals surface area contributed by atoms with E-state index in [0.29, 0.717) is 19.0 Å². The summed E-state index contributed by atoms with van der Waals surface area (Å²) >= 11 is 0. The van der Waals surface area contributed by atoms with Gasteiger partial charge in [-0.3, -0.25) is 0 Å². The van der Waals surface area contributed by atoms with E-state index in [4.69, 9.17) is 9.15 Å². The first-order chi connectivity index (χ1) is 10.8. The second kappa shape index (κ2) is 5.78. The Kier molecular flexibility index (Phi) is 4.08. The van der Waals surface area contributed by atoms with Crippen LogP contribution in [-0.4, -0.2) is 53.0 Å². The molecule has 1 N–H and O–H groups in total. The van der Waals surface area contributed by atoms with Crippen molar-refractivity contribution < 1.29 is 13.9 Å². The van der Waals surface area contributed by atoms with Gasteiger partial charge in [-0.25, -0.2) is 4.79 Å². The van der Waals surface area contributed by atoms with E-state index in [1.807, 2.05) is 32.6 Å². The van der Waals surface area contributed by atoms with Gasteiger partial charge in [0.05, 0.1) is 5.92 Å². The van der Waals surface area contributed by atoms with Crippen LogP contribution in [-0.2, 0) is 4.74 Å². The third kappa shape index (κ3) is 3.34. The Morgan fingerprint density at radius 1 is 1.35 bits per heavy atom. The molecule has 3 heterocycles. The van der Waals surface area contributed by atoms with Crippen LogP contribution < -0.4 is 5.32 Å². The molecule has 2 aliphatic heterocycles. The van der Waals surface area contributed by atoms with Crippen LogP contribution in [0.1, 0.15) is 51.3 Å². The second-order valence-corrected chi connectivity index (χ2v) is 7.67. The first-order valence-corrected chi connectivity index (χ1v) is 8.28. The van der Waals surface area contributed by atoms with Crippen molar-refractivity contribution in [1.82, 2.24) is 20.4 Å². The topological polar surface area (TPSA) is 80.5 Å². The van der Waals surface area contributed by atoms with Crippen LogP contribution in [0.5, 0.6) is 0 Å². The molecule has 23 heavy (non-hydrogen) atoms. The Bertz CT molecular complexity index is 570. The summed E-state index contributed by atoms with van der Waals surface area (Å²) in [6.45, 7) is 10.7. The highest BCUT2D eigenvalue weighted by molar-refractivity contribution is 5.68. The number of rotatable bonds is 1. The maximum Gasteiger partial charge on any atom is 0.410 e. The molecular formula is C16H26N4O3. The minimum Gasteiger partial charge on any atom is -0.444 e. The quantitative estimate of drug-likeness (QED) is 0.852. The highest BCUT2D eigenvalue weighted by Gasteiger charge is 2.48. The Balaban J connectivity index is 1.66. The van der Waals surface area contributed by atoms with E-state index in [0.717, 1.165) is 31.8 Å². The first-order valence-electron chi connectivity index (χ1n) is 8.28.